The molecule has 1 saturated carbocycles. The minimum Gasteiger partial charge on any atom is -0.484 e. The Kier molecular flexibility index (Phi) is 3.52. The molecule has 2 aliphatic rings. The highest BCUT2D eigenvalue weighted by Gasteiger charge is 2.41. The lowest BCUT2D eigenvalue weighted by molar-refractivity contribution is 0.0693. The van der Waals surface area contributed by atoms with Crippen molar-refractivity contribution in [1.82, 2.24) is 15.0 Å². The van der Waals surface area contributed by atoms with Crippen molar-refractivity contribution in [2.24, 2.45) is 5.92 Å². The third kappa shape index (κ3) is 2.81. The van der Waals surface area contributed by atoms with Gasteiger partial charge in [0.1, 0.15) is 12.4 Å². The summed E-state index contributed by atoms with van der Waals surface area (Å²) in [5.74, 6) is 1.85. The number of fused-ring (bicyclic) bond motifs is 2. The number of nitrogens with zero attached hydrogens (tertiary/aromatic N) is 3. The Hall–Kier alpha value is -2.37. The van der Waals surface area contributed by atoms with Crippen molar-refractivity contribution in [1.29, 1.82) is 0 Å². The van der Waals surface area contributed by atoms with Crippen LogP contribution in [0.3, 0.4) is 0 Å². The number of ether oxygens (including phenoxy) is 1. The first-order chi connectivity index (χ1) is 11.2. The summed E-state index contributed by atoms with van der Waals surface area (Å²) in [6, 6.07) is 5.80. The Morgan fingerprint density at radius 2 is 2.35 bits per heavy atom. The van der Waals surface area contributed by atoms with Crippen molar-refractivity contribution in [3.8, 4) is 5.75 Å². The molecule has 3 heterocycles. The molecule has 6 nitrogen and oxygen atoms in total. The third-order valence-corrected chi connectivity index (χ3v) is 4.71. The largest absolute Gasteiger partial charge is 0.484 e. The van der Waals surface area contributed by atoms with Crippen LogP contribution in [0.2, 0.25) is 0 Å². The highest BCUT2D eigenvalue weighted by atomic mass is 16.5. The molecule has 0 spiro atoms. The maximum atomic E-state index is 12.5. The van der Waals surface area contributed by atoms with Crippen LogP contribution in [0.15, 0.2) is 28.9 Å². The van der Waals surface area contributed by atoms with Crippen LogP contribution in [-0.4, -0.2) is 33.5 Å². The second kappa shape index (κ2) is 5.68. The molecule has 1 aliphatic carbocycles. The predicted octanol–water partition coefficient (Wildman–Crippen LogP) is 2.58. The Bertz CT molecular complexity index is 710. The molecule has 2 fully saturated rings. The van der Waals surface area contributed by atoms with Gasteiger partial charge in [0.2, 0.25) is 0 Å². The number of likely N-dealkylation sites (tertiary alicyclic amines) is 1. The van der Waals surface area contributed by atoms with Crippen LogP contribution in [0.4, 0.5) is 0 Å². The number of rotatable bonds is 4. The number of hydrogen-bond donors (Lipinski definition) is 0. The summed E-state index contributed by atoms with van der Waals surface area (Å²) < 4.78 is 10.8. The molecule has 2 atom stereocenters. The van der Waals surface area contributed by atoms with E-state index in [4.69, 9.17) is 9.26 Å². The van der Waals surface area contributed by atoms with Gasteiger partial charge >= 0.3 is 0 Å². The molecule has 2 aromatic heterocycles. The summed E-state index contributed by atoms with van der Waals surface area (Å²) in [6.45, 7) is 3.01. The van der Waals surface area contributed by atoms with Gasteiger partial charge < -0.3 is 14.2 Å². The molecule has 1 aliphatic heterocycles. The summed E-state index contributed by atoms with van der Waals surface area (Å²) in [5.41, 5.74) is 1.31. The van der Waals surface area contributed by atoms with Gasteiger partial charge in [0.15, 0.2) is 11.5 Å². The Morgan fingerprint density at radius 3 is 3.04 bits per heavy atom. The average molecular weight is 313 g/mol. The van der Waals surface area contributed by atoms with E-state index in [0.29, 0.717) is 29.2 Å². The van der Waals surface area contributed by atoms with Gasteiger partial charge in [-0.3, -0.25) is 9.78 Å². The maximum Gasteiger partial charge on any atom is 0.276 e. The van der Waals surface area contributed by atoms with Crippen LogP contribution in [-0.2, 0) is 6.61 Å². The maximum absolute atomic E-state index is 12.5. The van der Waals surface area contributed by atoms with Crippen LogP contribution in [0.1, 0.15) is 41.2 Å². The monoisotopic (exact) mass is 313 g/mol. The minimum atomic E-state index is -0.0239. The molecule has 0 radical (unpaired) electrons. The zero-order chi connectivity index (χ0) is 15.8. The van der Waals surface area contributed by atoms with E-state index in [1.165, 1.54) is 6.42 Å². The molecule has 1 amide bonds. The zero-order valence-corrected chi connectivity index (χ0v) is 13.1. The van der Waals surface area contributed by atoms with E-state index in [-0.39, 0.29) is 12.5 Å². The highest BCUT2D eigenvalue weighted by molar-refractivity contribution is 5.92. The first-order valence-corrected chi connectivity index (χ1v) is 8.01. The number of aryl methyl sites for hydroxylation is 1. The second-order valence-electron chi connectivity index (χ2n) is 6.39. The molecule has 2 bridgehead atoms. The fourth-order valence-corrected chi connectivity index (χ4v) is 3.50. The summed E-state index contributed by atoms with van der Waals surface area (Å²) >= 11 is 0. The summed E-state index contributed by atoms with van der Waals surface area (Å²) in [6.07, 6.45) is 5.17. The van der Waals surface area contributed by atoms with E-state index in [2.05, 4.69) is 10.1 Å². The lowest BCUT2D eigenvalue weighted by Gasteiger charge is -2.25. The minimum absolute atomic E-state index is 0.0239. The molecular weight excluding hydrogens is 294 g/mol. The van der Waals surface area contributed by atoms with Gasteiger partial charge in [0, 0.05) is 24.3 Å². The van der Waals surface area contributed by atoms with E-state index < -0.39 is 0 Å². The molecule has 0 aromatic carbocycles. The van der Waals surface area contributed by atoms with Gasteiger partial charge in [-0.05, 0) is 44.2 Å². The molecule has 6 heteroatoms. The molecule has 23 heavy (non-hydrogen) atoms. The fraction of sp³-hybridized carbons (Fsp3) is 0.471. The first-order valence-electron chi connectivity index (χ1n) is 8.01. The van der Waals surface area contributed by atoms with Crippen LogP contribution >= 0.6 is 0 Å². The van der Waals surface area contributed by atoms with Crippen molar-refractivity contribution in [2.75, 3.05) is 6.54 Å². The fourth-order valence-electron chi connectivity index (χ4n) is 3.50. The van der Waals surface area contributed by atoms with Crippen LogP contribution in [0.25, 0.3) is 0 Å². The quantitative estimate of drug-likeness (QED) is 0.868. The van der Waals surface area contributed by atoms with Crippen molar-refractivity contribution in [2.45, 2.75) is 38.8 Å². The van der Waals surface area contributed by atoms with Gasteiger partial charge in [0.25, 0.3) is 5.91 Å². The van der Waals surface area contributed by atoms with E-state index in [1.807, 2.05) is 24.0 Å². The van der Waals surface area contributed by atoms with Crippen molar-refractivity contribution >= 4 is 5.91 Å². The number of amides is 1. The van der Waals surface area contributed by atoms with Crippen molar-refractivity contribution in [3.05, 3.63) is 41.5 Å². The Balaban J connectivity index is 1.38. The molecule has 4 rings (SSSR count). The van der Waals surface area contributed by atoms with E-state index >= 15 is 0 Å². The van der Waals surface area contributed by atoms with E-state index in [1.54, 1.807) is 12.3 Å². The summed E-state index contributed by atoms with van der Waals surface area (Å²) in [7, 11) is 0. The summed E-state index contributed by atoms with van der Waals surface area (Å²) in [5, 5.41) is 3.91. The number of carbonyl (C=O) groups excluding carboxylic acids is 1. The van der Waals surface area contributed by atoms with E-state index in [9.17, 15) is 4.79 Å². The Morgan fingerprint density at radius 1 is 1.43 bits per heavy atom. The molecular formula is C17H19N3O3. The third-order valence-electron chi connectivity index (χ3n) is 4.71. The second-order valence-corrected chi connectivity index (χ2v) is 6.39. The van der Waals surface area contributed by atoms with Crippen molar-refractivity contribution < 1.29 is 14.1 Å². The van der Waals surface area contributed by atoms with Gasteiger partial charge in [-0.25, -0.2) is 0 Å². The number of pyridine rings is 1. The number of aromatic nitrogens is 2. The van der Waals surface area contributed by atoms with Crippen LogP contribution in [0, 0.1) is 12.8 Å². The normalized spacial score (nSPS) is 22.6. The first kappa shape index (κ1) is 14.2. The van der Waals surface area contributed by atoms with Gasteiger partial charge in [-0.2, -0.15) is 0 Å². The number of carbonyl (C=O) groups is 1. The molecule has 0 N–H and O–H groups in total. The van der Waals surface area contributed by atoms with Gasteiger partial charge in [0.05, 0.1) is 6.20 Å². The van der Waals surface area contributed by atoms with Crippen LogP contribution in [0.5, 0.6) is 5.75 Å². The van der Waals surface area contributed by atoms with Gasteiger partial charge in [-0.15, -0.1) is 0 Å². The number of hydrogen-bond acceptors (Lipinski definition) is 5. The number of piperidine rings is 1. The SMILES string of the molecule is Cc1ccc(OCc2cc(C(=O)N3C[C@H]4CC[C@H]3C4)no2)cn1. The smallest absolute Gasteiger partial charge is 0.276 e. The molecule has 2 aromatic rings. The van der Waals surface area contributed by atoms with Crippen molar-refractivity contribution in [3.63, 3.8) is 0 Å². The average Bonchev–Trinajstić information content (AvgIpc) is 3.30. The molecule has 0 unspecified atom stereocenters. The molecule has 1 saturated heterocycles. The highest BCUT2D eigenvalue weighted by Crippen LogP contribution is 2.38. The zero-order valence-electron chi connectivity index (χ0n) is 13.1. The lowest BCUT2D eigenvalue weighted by Crippen LogP contribution is -2.37. The Labute approximate surface area is 134 Å². The predicted molar refractivity (Wildman–Crippen MR) is 82.0 cm³/mol. The lowest BCUT2D eigenvalue weighted by atomic mass is 10.1. The standard InChI is InChI=1S/C17H19N3O3/c1-11-2-5-14(8-18-11)22-10-15-7-16(19-23-15)17(21)20-9-12-3-4-13(20)6-12/h2,5,7-8,12-13H,3-4,6,9-10H2,1H3/t12-,13-/m0/s1. The van der Waals surface area contributed by atoms with Crippen LogP contribution < -0.4 is 4.74 Å². The van der Waals surface area contributed by atoms with E-state index in [0.717, 1.165) is 25.1 Å². The molecule has 120 valence electrons. The van der Waals surface area contributed by atoms with Gasteiger partial charge in [-0.1, -0.05) is 5.16 Å². The topological polar surface area (TPSA) is 68.5 Å². The summed E-state index contributed by atoms with van der Waals surface area (Å²) in [4.78, 5) is 18.6.